The van der Waals surface area contributed by atoms with Crippen LogP contribution in [0.4, 0.5) is 0 Å². The largest absolute Gasteiger partial charge is 0.496 e. The number of hydrogen-bond donors (Lipinski definition) is 0. The predicted molar refractivity (Wildman–Crippen MR) is 131 cm³/mol. The van der Waals surface area contributed by atoms with Gasteiger partial charge in [-0.25, -0.2) is 8.42 Å². The Labute approximate surface area is 204 Å². The molecule has 9 heteroatoms. The van der Waals surface area contributed by atoms with Crippen molar-refractivity contribution in [1.29, 1.82) is 0 Å². The molecule has 34 heavy (non-hydrogen) atoms. The molecule has 0 aromatic heterocycles. The summed E-state index contributed by atoms with van der Waals surface area (Å²) in [5, 5.41) is 0. The molecule has 3 fully saturated rings. The van der Waals surface area contributed by atoms with Crippen molar-refractivity contribution in [2.45, 2.75) is 49.8 Å². The molecule has 0 bridgehead atoms. The number of methoxy groups -OCH3 is 1. The van der Waals surface area contributed by atoms with Crippen LogP contribution in [-0.2, 0) is 14.8 Å². The summed E-state index contributed by atoms with van der Waals surface area (Å²) in [4.78, 5) is 17.9. The second-order valence-corrected chi connectivity index (χ2v) is 11.6. The molecule has 3 aliphatic rings. The molecule has 190 valence electrons. The molecule has 0 N–H and O–H groups in total. The number of carbonyl (C=O) groups excluding carboxylic acids is 1. The van der Waals surface area contributed by atoms with Gasteiger partial charge in [0.05, 0.1) is 30.8 Å². The van der Waals surface area contributed by atoms with Gasteiger partial charge in [0, 0.05) is 39.3 Å². The molecule has 3 aliphatic heterocycles. The summed E-state index contributed by atoms with van der Waals surface area (Å²) in [5.74, 6) is 0.897. The number of amides is 1. The van der Waals surface area contributed by atoms with Gasteiger partial charge in [-0.15, -0.1) is 0 Å². The predicted octanol–water partition coefficient (Wildman–Crippen LogP) is 2.83. The molecule has 3 saturated heterocycles. The van der Waals surface area contributed by atoms with Crippen LogP contribution in [0.2, 0.25) is 0 Å². The van der Waals surface area contributed by atoms with Gasteiger partial charge in [-0.05, 0) is 62.8 Å². The summed E-state index contributed by atoms with van der Waals surface area (Å²) in [7, 11) is -2.11. The van der Waals surface area contributed by atoms with E-state index in [4.69, 9.17) is 9.47 Å². The number of benzene rings is 1. The molecular weight excluding hydrogens is 454 g/mol. The van der Waals surface area contributed by atoms with Crippen LogP contribution in [0, 0.1) is 5.92 Å². The van der Waals surface area contributed by atoms with E-state index in [0.29, 0.717) is 43.4 Å². The van der Waals surface area contributed by atoms with Gasteiger partial charge in [-0.2, -0.15) is 4.31 Å². The van der Waals surface area contributed by atoms with Gasteiger partial charge < -0.3 is 14.4 Å². The van der Waals surface area contributed by atoms with Crippen molar-refractivity contribution in [2.75, 3.05) is 66.1 Å². The summed E-state index contributed by atoms with van der Waals surface area (Å²) in [6, 6.07) is 4.70. The Morgan fingerprint density at radius 1 is 1.00 bits per heavy atom. The van der Waals surface area contributed by atoms with Crippen LogP contribution in [0.3, 0.4) is 0 Å². The van der Waals surface area contributed by atoms with Crippen molar-refractivity contribution in [3.8, 4) is 5.75 Å². The van der Waals surface area contributed by atoms with Crippen LogP contribution in [0.15, 0.2) is 23.1 Å². The first-order chi connectivity index (χ1) is 16.5. The fraction of sp³-hybridized carbons (Fsp3) is 0.720. The van der Waals surface area contributed by atoms with E-state index in [1.54, 1.807) is 16.4 Å². The van der Waals surface area contributed by atoms with Crippen molar-refractivity contribution < 1.29 is 22.7 Å². The van der Waals surface area contributed by atoms with E-state index in [0.717, 1.165) is 77.8 Å². The van der Waals surface area contributed by atoms with Crippen LogP contribution in [-0.4, -0.2) is 94.6 Å². The van der Waals surface area contributed by atoms with E-state index in [-0.39, 0.29) is 10.8 Å². The van der Waals surface area contributed by atoms with Crippen molar-refractivity contribution in [3.63, 3.8) is 0 Å². The number of carbonyl (C=O) groups is 1. The highest BCUT2D eigenvalue weighted by molar-refractivity contribution is 7.89. The first-order valence-corrected chi connectivity index (χ1v) is 14.2. The van der Waals surface area contributed by atoms with Gasteiger partial charge in [0.2, 0.25) is 10.0 Å². The van der Waals surface area contributed by atoms with Gasteiger partial charge in [-0.3, -0.25) is 9.69 Å². The van der Waals surface area contributed by atoms with Crippen molar-refractivity contribution >= 4 is 15.9 Å². The maximum absolute atomic E-state index is 13.4. The fourth-order valence-corrected chi connectivity index (χ4v) is 6.77. The van der Waals surface area contributed by atoms with Gasteiger partial charge in [-0.1, -0.05) is 12.8 Å². The van der Waals surface area contributed by atoms with Crippen molar-refractivity contribution in [1.82, 2.24) is 14.1 Å². The quantitative estimate of drug-likeness (QED) is 0.581. The SMILES string of the molecule is COc1ccc(S(=O)(=O)N2CCCCCC2)cc1C(=O)N1CCC(CCN2CCOCC2)CC1. The standard InChI is InChI=1S/C25H39N3O5S/c1-32-24-7-6-22(34(30,31)28-11-4-2-3-5-12-28)20-23(24)25(29)27-14-9-21(10-15-27)8-13-26-16-18-33-19-17-26/h6-7,20-21H,2-5,8-19H2,1H3. The number of likely N-dealkylation sites (tertiary alicyclic amines) is 1. The third kappa shape index (κ3) is 6.11. The van der Waals surface area contributed by atoms with E-state index in [1.165, 1.54) is 13.2 Å². The highest BCUT2D eigenvalue weighted by Gasteiger charge is 2.30. The molecule has 0 unspecified atom stereocenters. The second-order valence-electron chi connectivity index (χ2n) is 9.66. The Balaban J connectivity index is 1.40. The topological polar surface area (TPSA) is 79.4 Å². The average molecular weight is 494 g/mol. The van der Waals surface area contributed by atoms with Crippen LogP contribution < -0.4 is 4.74 Å². The molecule has 4 rings (SSSR count). The monoisotopic (exact) mass is 493 g/mol. The van der Waals surface area contributed by atoms with E-state index in [2.05, 4.69) is 4.90 Å². The summed E-state index contributed by atoms with van der Waals surface area (Å²) in [6.07, 6.45) is 6.97. The summed E-state index contributed by atoms with van der Waals surface area (Å²) in [6.45, 7) is 7.21. The molecule has 0 radical (unpaired) electrons. The Bertz CT molecular complexity index is 916. The molecule has 0 spiro atoms. The first-order valence-electron chi connectivity index (χ1n) is 12.8. The van der Waals surface area contributed by atoms with Gasteiger partial charge >= 0.3 is 0 Å². The molecule has 3 heterocycles. The Morgan fingerprint density at radius 3 is 2.32 bits per heavy atom. The average Bonchev–Trinajstić information content (AvgIpc) is 3.18. The number of ether oxygens (including phenoxy) is 2. The molecule has 1 amide bonds. The van der Waals surface area contributed by atoms with E-state index >= 15 is 0 Å². The number of morpholine rings is 1. The minimum Gasteiger partial charge on any atom is -0.496 e. The minimum atomic E-state index is -3.63. The highest BCUT2D eigenvalue weighted by atomic mass is 32.2. The third-order valence-corrected chi connectivity index (χ3v) is 9.36. The van der Waals surface area contributed by atoms with Crippen LogP contribution in [0.5, 0.6) is 5.75 Å². The van der Waals surface area contributed by atoms with Gasteiger partial charge in [0.1, 0.15) is 5.75 Å². The normalized spacial score (nSPS) is 21.9. The number of nitrogens with zero attached hydrogens (tertiary/aromatic N) is 3. The van der Waals surface area contributed by atoms with Crippen LogP contribution >= 0.6 is 0 Å². The summed E-state index contributed by atoms with van der Waals surface area (Å²) < 4.78 is 39.0. The Hall–Kier alpha value is -1.68. The van der Waals surface area contributed by atoms with E-state index < -0.39 is 10.0 Å². The zero-order valence-corrected chi connectivity index (χ0v) is 21.2. The minimum absolute atomic E-state index is 0.142. The molecule has 0 aliphatic carbocycles. The molecule has 0 saturated carbocycles. The Morgan fingerprint density at radius 2 is 1.68 bits per heavy atom. The lowest BCUT2D eigenvalue weighted by Gasteiger charge is -2.34. The third-order valence-electron chi connectivity index (χ3n) is 7.46. The molecule has 1 aromatic rings. The smallest absolute Gasteiger partial charge is 0.257 e. The molecular formula is C25H39N3O5S. The maximum Gasteiger partial charge on any atom is 0.257 e. The molecule has 8 nitrogen and oxygen atoms in total. The maximum atomic E-state index is 13.4. The lowest BCUT2D eigenvalue weighted by atomic mass is 9.93. The number of sulfonamides is 1. The van der Waals surface area contributed by atoms with Crippen LogP contribution in [0.1, 0.15) is 55.3 Å². The lowest BCUT2D eigenvalue weighted by Crippen LogP contribution is -2.41. The lowest BCUT2D eigenvalue weighted by molar-refractivity contribution is 0.0332. The fourth-order valence-electron chi connectivity index (χ4n) is 5.23. The first kappa shape index (κ1) is 25.4. The van der Waals surface area contributed by atoms with E-state index in [1.807, 2.05) is 4.90 Å². The molecule has 1 aromatic carbocycles. The summed E-state index contributed by atoms with van der Waals surface area (Å²) in [5.41, 5.74) is 0.338. The zero-order chi connectivity index (χ0) is 24.0. The second kappa shape index (κ2) is 11.8. The number of rotatable bonds is 7. The van der Waals surface area contributed by atoms with Gasteiger partial charge in [0.25, 0.3) is 5.91 Å². The Kier molecular flexibility index (Phi) is 8.85. The van der Waals surface area contributed by atoms with Crippen molar-refractivity contribution in [2.24, 2.45) is 5.92 Å². The number of hydrogen-bond acceptors (Lipinski definition) is 6. The zero-order valence-electron chi connectivity index (χ0n) is 20.4. The summed E-state index contributed by atoms with van der Waals surface area (Å²) >= 11 is 0. The van der Waals surface area contributed by atoms with Gasteiger partial charge in [0.15, 0.2) is 0 Å². The number of piperidine rings is 1. The van der Waals surface area contributed by atoms with E-state index in [9.17, 15) is 13.2 Å². The molecule has 0 atom stereocenters. The highest BCUT2D eigenvalue weighted by Crippen LogP contribution is 2.29. The van der Waals surface area contributed by atoms with Crippen LogP contribution in [0.25, 0.3) is 0 Å². The van der Waals surface area contributed by atoms with Crippen molar-refractivity contribution in [3.05, 3.63) is 23.8 Å².